The number of Topliss-reactive ketones (excluding diaryl/α,β-unsaturated/α-hetero) is 1. The van der Waals surface area contributed by atoms with Gasteiger partial charge >= 0.3 is 4.87 Å². The molecule has 6 heteroatoms. The molecule has 21 heavy (non-hydrogen) atoms. The normalized spacial score (nSPS) is 10.4. The SMILES string of the molecule is CC(=O)c1ccccc1NC(=O)CCn1c(C)csc1=O. The number of anilines is 1. The van der Waals surface area contributed by atoms with E-state index in [4.69, 9.17) is 0 Å². The highest BCUT2D eigenvalue weighted by Gasteiger charge is 2.10. The van der Waals surface area contributed by atoms with E-state index in [1.165, 1.54) is 6.92 Å². The average Bonchev–Trinajstić information content (AvgIpc) is 2.76. The summed E-state index contributed by atoms with van der Waals surface area (Å²) in [7, 11) is 0. The first-order chi connectivity index (χ1) is 9.99. The second-order valence-corrected chi connectivity index (χ2v) is 5.52. The molecule has 0 fully saturated rings. The van der Waals surface area contributed by atoms with E-state index in [-0.39, 0.29) is 23.0 Å². The van der Waals surface area contributed by atoms with Crippen molar-refractivity contribution in [1.29, 1.82) is 0 Å². The molecule has 5 nitrogen and oxygen atoms in total. The number of aromatic nitrogens is 1. The number of amides is 1. The summed E-state index contributed by atoms with van der Waals surface area (Å²) < 4.78 is 1.57. The highest BCUT2D eigenvalue weighted by Crippen LogP contribution is 2.15. The van der Waals surface area contributed by atoms with Gasteiger partial charge in [-0.05, 0) is 26.0 Å². The van der Waals surface area contributed by atoms with Crippen LogP contribution in [0.4, 0.5) is 5.69 Å². The Morgan fingerprint density at radius 1 is 1.29 bits per heavy atom. The summed E-state index contributed by atoms with van der Waals surface area (Å²) in [5.74, 6) is -0.322. The van der Waals surface area contributed by atoms with Crippen LogP contribution in [0, 0.1) is 6.92 Å². The van der Waals surface area contributed by atoms with Crippen LogP contribution in [0.2, 0.25) is 0 Å². The van der Waals surface area contributed by atoms with E-state index >= 15 is 0 Å². The third-order valence-electron chi connectivity index (χ3n) is 3.12. The van der Waals surface area contributed by atoms with Gasteiger partial charge in [0, 0.05) is 29.6 Å². The fourth-order valence-corrected chi connectivity index (χ4v) is 2.76. The van der Waals surface area contributed by atoms with Gasteiger partial charge in [-0.2, -0.15) is 0 Å². The maximum absolute atomic E-state index is 12.0. The van der Waals surface area contributed by atoms with Crippen LogP contribution in [0.5, 0.6) is 0 Å². The Bertz CT molecular complexity index is 731. The molecule has 1 aromatic heterocycles. The minimum atomic E-state index is -0.221. The summed E-state index contributed by atoms with van der Waals surface area (Å²) in [4.78, 5) is 35.0. The third-order valence-corrected chi connectivity index (χ3v) is 4.00. The van der Waals surface area contributed by atoms with E-state index in [9.17, 15) is 14.4 Å². The van der Waals surface area contributed by atoms with Gasteiger partial charge in [-0.15, -0.1) is 0 Å². The lowest BCUT2D eigenvalue weighted by atomic mass is 10.1. The summed E-state index contributed by atoms with van der Waals surface area (Å²) in [5, 5.41) is 4.49. The maximum Gasteiger partial charge on any atom is 0.307 e. The monoisotopic (exact) mass is 304 g/mol. The van der Waals surface area contributed by atoms with E-state index in [2.05, 4.69) is 5.32 Å². The number of thiazole rings is 1. The Morgan fingerprint density at radius 3 is 2.62 bits per heavy atom. The van der Waals surface area contributed by atoms with Gasteiger partial charge in [-0.25, -0.2) is 0 Å². The molecule has 2 rings (SSSR count). The first-order valence-corrected chi connectivity index (χ1v) is 7.41. The number of carbonyl (C=O) groups is 2. The van der Waals surface area contributed by atoms with Gasteiger partial charge in [0.25, 0.3) is 0 Å². The summed E-state index contributed by atoms with van der Waals surface area (Å²) in [6.45, 7) is 3.63. The number of hydrogen-bond donors (Lipinski definition) is 1. The van der Waals surface area contributed by atoms with Crippen LogP contribution >= 0.6 is 11.3 Å². The lowest BCUT2D eigenvalue weighted by Gasteiger charge is -2.09. The molecule has 0 bridgehead atoms. The Morgan fingerprint density at radius 2 is 2.00 bits per heavy atom. The number of nitrogens with zero attached hydrogens (tertiary/aromatic N) is 1. The van der Waals surface area contributed by atoms with E-state index in [0.29, 0.717) is 17.8 Å². The molecule has 0 saturated carbocycles. The van der Waals surface area contributed by atoms with E-state index in [1.54, 1.807) is 34.2 Å². The number of hydrogen-bond acceptors (Lipinski definition) is 4. The van der Waals surface area contributed by atoms with Crippen LogP contribution in [0.15, 0.2) is 34.4 Å². The predicted molar refractivity (Wildman–Crippen MR) is 83.0 cm³/mol. The summed E-state index contributed by atoms with van der Waals surface area (Å²) in [6.07, 6.45) is 0.184. The molecular formula is C15H16N2O3S. The molecule has 0 spiro atoms. The molecule has 0 radical (unpaired) electrons. The summed E-state index contributed by atoms with van der Waals surface area (Å²) in [5.41, 5.74) is 1.83. The average molecular weight is 304 g/mol. The zero-order chi connectivity index (χ0) is 15.4. The Balaban J connectivity index is 2.03. The molecular weight excluding hydrogens is 288 g/mol. The molecule has 2 aromatic rings. The van der Waals surface area contributed by atoms with Gasteiger partial charge in [-0.1, -0.05) is 23.5 Å². The second kappa shape index (κ2) is 6.49. The zero-order valence-corrected chi connectivity index (χ0v) is 12.7. The molecule has 0 saturated heterocycles. The minimum Gasteiger partial charge on any atom is -0.325 e. The quantitative estimate of drug-likeness (QED) is 0.863. The number of ketones is 1. The smallest absolute Gasteiger partial charge is 0.307 e. The summed E-state index contributed by atoms with van der Waals surface area (Å²) >= 11 is 1.12. The number of para-hydroxylation sites is 1. The fourth-order valence-electron chi connectivity index (χ4n) is 2.00. The molecule has 0 aliphatic carbocycles. The zero-order valence-electron chi connectivity index (χ0n) is 11.9. The van der Waals surface area contributed by atoms with Crippen LogP contribution in [0.1, 0.15) is 29.4 Å². The van der Waals surface area contributed by atoms with E-state index in [1.807, 2.05) is 6.92 Å². The van der Waals surface area contributed by atoms with Crippen molar-refractivity contribution in [3.8, 4) is 0 Å². The van der Waals surface area contributed by atoms with Crippen molar-refractivity contribution in [2.45, 2.75) is 26.8 Å². The van der Waals surface area contributed by atoms with Crippen molar-refractivity contribution in [3.63, 3.8) is 0 Å². The van der Waals surface area contributed by atoms with E-state index < -0.39 is 0 Å². The van der Waals surface area contributed by atoms with Crippen LogP contribution in [0.25, 0.3) is 0 Å². The first kappa shape index (κ1) is 15.2. The van der Waals surface area contributed by atoms with Crippen molar-refractivity contribution >= 4 is 28.7 Å². The second-order valence-electron chi connectivity index (χ2n) is 4.69. The summed E-state index contributed by atoms with van der Waals surface area (Å²) in [6, 6.07) is 6.87. The Hall–Kier alpha value is -2.21. The largest absolute Gasteiger partial charge is 0.325 e. The standard InChI is InChI=1S/C15H16N2O3S/c1-10-9-21-15(20)17(10)8-7-14(19)16-13-6-4-3-5-12(13)11(2)18/h3-6,9H,7-8H2,1-2H3,(H,16,19). The van der Waals surface area contributed by atoms with E-state index in [0.717, 1.165) is 17.0 Å². The lowest BCUT2D eigenvalue weighted by molar-refractivity contribution is -0.116. The van der Waals surface area contributed by atoms with Crippen molar-refractivity contribution < 1.29 is 9.59 Å². The van der Waals surface area contributed by atoms with Crippen molar-refractivity contribution in [1.82, 2.24) is 4.57 Å². The van der Waals surface area contributed by atoms with Gasteiger partial charge in [0.05, 0.1) is 5.69 Å². The van der Waals surface area contributed by atoms with Gasteiger partial charge in [0.1, 0.15) is 0 Å². The van der Waals surface area contributed by atoms with Crippen LogP contribution < -0.4 is 10.2 Å². The Labute approximate surface area is 126 Å². The van der Waals surface area contributed by atoms with Gasteiger partial charge in [0.15, 0.2) is 5.78 Å². The first-order valence-electron chi connectivity index (χ1n) is 6.54. The molecule has 1 aromatic carbocycles. The predicted octanol–water partition coefficient (Wildman–Crippen LogP) is 2.45. The van der Waals surface area contributed by atoms with Crippen LogP contribution in [-0.4, -0.2) is 16.3 Å². The van der Waals surface area contributed by atoms with Gasteiger partial charge in [0.2, 0.25) is 5.91 Å². The van der Waals surface area contributed by atoms with Crippen molar-refractivity contribution in [2.24, 2.45) is 0 Å². The fraction of sp³-hybridized carbons (Fsp3) is 0.267. The number of benzene rings is 1. The number of rotatable bonds is 5. The van der Waals surface area contributed by atoms with Crippen LogP contribution in [0.3, 0.4) is 0 Å². The third kappa shape index (κ3) is 3.66. The van der Waals surface area contributed by atoms with Gasteiger partial charge < -0.3 is 9.88 Å². The van der Waals surface area contributed by atoms with Crippen molar-refractivity contribution in [3.05, 3.63) is 50.6 Å². The molecule has 1 amide bonds. The molecule has 0 atom stereocenters. The molecule has 0 aliphatic heterocycles. The molecule has 1 N–H and O–H groups in total. The van der Waals surface area contributed by atoms with Crippen molar-refractivity contribution in [2.75, 3.05) is 5.32 Å². The number of aryl methyl sites for hydroxylation is 1. The maximum atomic E-state index is 12.0. The molecule has 0 aliphatic rings. The van der Waals surface area contributed by atoms with Crippen LogP contribution in [-0.2, 0) is 11.3 Å². The number of nitrogens with one attached hydrogen (secondary N) is 1. The molecule has 1 heterocycles. The van der Waals surface area contributed by atoms with Gasteiger partial charge in [-0.3, -0.25) is 14.4 Å². The molecule has 110 valence electrons. The lowest BCUT2D eigenvalue weighted by Crippen LogP contribution is -2.20. The minimum absolute atomic E-state index is 0.0653. The number of carbonyl (C=O) groups excluding carboxylic acids is 2. The molecule has 0 unspecified atom stereocenters. The highest BCUT2D eigenvalue weighted by atomic mass is 32.1. The topological polar surface area (TPSA) is 68.2 Å². The Kier molecular flexibility index (Phi) is 4.70. The highest BCUT2D eigenvalue weighted by molar-refractivity contribution is 7.07.